The highest BCUT2D eigenvalue weighted by Crippen LogP contribution is 2.27. The van der Waals surface area contributed by atoms with Crippen molar-refractivity contribution in [1.82, 2.24) is 4.57 Å². The van der Waals surface area contributed by atoms with Crippen molar-refractivity contribution in [2.24, 2.45) is 0 Å². The summed E-state index contributed by atoms with van der Waals surface area (Å²) in [5, 5.41) is 4.91. The summed E-state index contributed by atoms with van der Waals surface area (Å²) in [6.45, 7) is 1.51. The van der Waals surface area contributed by atoms with Crippen LogP contribution in [0.15, 0.2) is 66.3 Å². The summed E-state index contributed by atoms with van der Waals surface area (Å²) in [5.41, 5.74) is 1.23. The Labute approximate surface area is 144 Å². The highest BCUT2D eigenvalue weighted by Gasteiger charge is 2.18. The van der Waals surface area contributed by atoms with Crippen molar-refractivity contribution >= 4 is 28.7 Å². The van der Waals surface area contributed by atoms with E-state index in [4.69, 9.17) is 0 Å². The van der Waals surface area contributed by atoms with E-state index in [1.807, 2.05) is 46.6 Å². The highest BCUT2D eigenvalue weighted by atomic mass is 32.1. The molecule has 122 valence electrons. The van der Waals surface area contributed by atoms with Crippen LogP contribution in [0.2, 0.25) is 0 Å². The SMILES string of the molecule is CC(=O)c1cccc(NC(=O)C[C@H](c2cccs2)n2cccc2)c1. The van der Waals surface area contributed by atoms with Crippen LogP contribution < -0.4 is 5.32 Å². The number of hydrogen-bond donors (Lipinski definition) is 1. The van der Waals surface area contributed by atoms with Crippen molar-refractivity contribution in [2.45, 2.75) is 19.4 Å². The normalized spacial score (nSPS) is 11.9. The Morgan fingerprint density at radius 2 is 1.92 bits per heavy atom. The maximum atomic E-state index is 12.5. The molecule has 24 heavy (non-hydrogen) atoms. The fraction of sp³-hybridized carbons (Fsp3) is 0.158. The Hall–Kier alpha value is -2.66. The maximum Gasteiger partial charge on any atom is 0.226 e. The van der Waals surface area contributed by atoms with Crippen LogP contribution in [0.1, 0.15) is 34.6 Å². The van der Waals surface area contributed by atoms with E-state index in [-0.39, 0.29) is 17.7 Å². The number of amides is 1. The van der Waals surface area contributed by atoms with Crippen molar-refractivity contribution < 1.29 is 9.59 Å². The number of aromatic nitrogens is 1. The fourth-order valence-electron chi connectivity index (χ4n) is 2.59. The summed E-state index contributed by atoms with van der Waals surface area (Å²) in [7, 11) is 0. The molecular weight excluding hydrogens is 320 g/mol. The minimum Gasteiger partial charge on any atom is -0.346 e. The first-order valence-corrected chi connectivity index (χ1v) is 8.58. The number of nitrogens with zero attached hydrogens (tertiary/aromatic N) is 1. The zero-order valence-corrected chi connectivity index (χ0v) is 14.1. The van der Waals surface area contributed by atoms with Gasteiger partial charge >= 0.3 is 0 Å². The molecule has 4 nitrogen and oxygen atoms in total. The van der Waals surface area contributed by atoms with Gasteiger partial charge in [0.15, 0.2) is 5.78 Å². The molecule has 0 saturated heterocycles. The number of carbonyl (C=O) groups is 2. The molecule has 0 aliphatic rings. The van der Waals surface area contributed by atoms with E-state index in [0.717, 1.165) is 4.88 Å². The van der Waals surface area contributed by atoms with E-state index >= 15 is 0 Å². The smallest absolute Gasteiger partial charge is 0.226 e. The second kappa shape index (κ2) is 7.27. The van der Waals surface area contributed by atoms with E-state index in [1.165, 1.54) is 6.92 Å². The zero-order chi connectivity index (χ0) is 16.9. The number of benzene rings is 1. The minimum atomic E-state index is -0.0807. The van der Waals surface area contributed by atoms with Gasteiger partial charge in [0.05, 0.1) is 12.5 Å². The van der Waals surface area contributed by atoms with Crippen molar-refractivity contribution in [1.29, 1.82) is 0 Å². The van der Waals surface area contributed by atoms with Gasteiger partial charge in [0.2, 0.25) is 5.91 Å². The number of Topliss-reactive ketones (excluding diaryl/α,β-unsaturated/α-hetero) is 1. The van der Waals surface area contributed by atoms with E-state index in [9.17, 15) is 9.59 Å². The molecule has 2 heterocycles. The van der Waals surface area contributed by atoms with Crippen LogP contribution in [0.4, 0.5) is 5.69 Å². The number of ketones is 1. The molecule has 5 heteroatoms. The molecule has 1 atom stereocenters. The largest absolute Gasteiger partial charge is 0.346 e. The van der Waals surface area contributed by atoms with Crippen molar-refractivity contribution in [2.75, 3.05) is 5.32 Å². The molecule has 0 radical (unpaired) electrons. The van der Waals surface area contributed by atoms with Gasteiger partial charge in [-0.3, -0.25) is 9.59 Å². The molecule has 1 aromatic carbocycles. The number of rotatable bonds is 6. The van der Waals surface area contributed by atoms with Gasteiger partial charge in [-0.15, -0.1) is 11.3 Å². The molecule has 3 rings (SSSR count). The fourth-order valence-corrected chi connectivity index (χ4v) is 3.43. The van der Waals surface area contributed by atoms with Gasteiger partial charge in [0.25, 0.3) is 0 Å². The standard InChI is InChI=1S/C19H18N2O2S/c1-14(22)15-6-4-7-16(12-15)20-19(23)13-17(18-8-5-11-24-18)21-9-2-3-10-21/h2-12,17H,13H2,1H3,(H,20,23)/t17-/m1/s1. The summed E-state index contributed by atoms with van der Waals surface area (Å²) >= 11 is 1.64. The quantitative estimate of drug-likeness (QED) is 0.679. The van der Waals surface area contributed by atoms with E-state index in [2.05, 4.69) is 5.32 Å². The second-order valence-corrected chi connectivity index (χ2v) is 6.53. The average Bonchev–Trinajstić information content (AvgIpc) is 3.26. The lowest BCUT2D eigenvalue weighted by atomic mass is 10.1. The average molecular weight is 338 g/mol. The first-order valence-electron chi connectivity index (χ1n) is 7.70. The number of carbonyl (C=O) groups excluding carboxylic acids is 2. The Morgan fingerprint density at radius 3 is 2.58 bits per heavy atom. The van der Waals surface area contributed by atoms with Gasteiger partial charge in [0.1, 0.15) is 0 Å². The highest BCUT2D eigenvalue weighted by molar-refractivity contribution is 7.10. The lowest BCUT2D eigenvalue weighted by Crippen LogP contribution is -2.19. The number of anilines is 1. The zero-order valence-electron chi connectivity index (χ0n) is 13.3. The minimum absolute atomic E-state index is 0.0186. The van der Waals surface area contributed by atoms with Crippen LogP contribution in [-0.2, 0) is 4.79 Å². The number of nitrogens with one attached hydrogen (secondary N) is 1. The topological polar surface area (TPSA) is 51.1 Å². The van der Waals surface area contributed by atoms with Crippen LogP contribution in [0.3, 0.4) is 0 Å². The van der Waals surface area contributed by atoms with Gasteiger partial charge in [0, 0.05) is 28.5 Å². The molecule has 3 aromatic rings. The van der Waals surface area contributed by atoms with E-state index < -0.39 is 0 Å². The molecule has 1 N–H and O–H groups in total. The van der Waals surface area contributed by atoms with Crippen LogP contribution >= 0.6 is 11.3 Å². The van der Waals surface area contributed by atoms with E-state index in [1.54, 1.807) is 35.6 Å². The Bertz CT molecular complexity index is 789. The summed E-state index contributed by atoms with van der Waals surface area (Å²) in [5.74, 6) is -0.0993. The lowest BCUT2D eigenvalue weighted by Gasteiger charge is -2.17. The molecule has 1 amide bonds. The van der Waals surface area contributed by atoms with Crippen LogP contribution in [0.5, 0.6) is 0 Å². The van der Waals surface area contributed by atoms with Crippen LogP contribution in [-0.4, -0.2) is 16.3 Å². The third kappa shape index (κ3) is 3.81. The Kier molecular flexibility index (Phi) is 4.91. The van der Waals surface area contributed by atoms with Gasteiger partial charge in [-0.1, -0.05) is 18.2 Å². The third-order valence-corrected chi connectivity index (χ3v) is 4.76. The van der Waals surface area contributed by atoms with E-state index in [0.29, 0.717) is 17.7 Å². The van der Waals surface area contributed by atoms with Gasteiger partial charge in [-0.25, -0.2) is 0 Å². The van der Waals surface area contributed by atoms with Crippen molar-refractivity contribution in [3.63, 3.8) is 0 Å². The van der Waals surface area contributed by atoms with Crippen LogP contribution in [0.25, 0.3) is 0 Å². The molecule has 0 unspecified atom stereocenters. The number of hydrogen-bond acceptors (Lipinski definition) is 3. The molecule has 0 aliphatic heterocycles. The maximum absolute atomic E-state index is 12.5. The molecule has 2 aromatic heterocycles. The first kappa shape index (κ1) is 16.2. The third-order valence-electron chi connectivity index (χ3n) is 3.79. The predicted octanol–water partition coefficient (Wildman–Crippen LogP) is 4.37. The summed E-state index contributed by atoms with van der Waals surface area (Å²) in [6, 6.07) is 14.9. The second-order valence-electron chi connectivity index (χ2n) is 5.55. The first-order chi connectivity index (χ1) is 11.6. The molecule has 0 saturated carbocycles. The van der Waals surface area contributed by atoms with Gasteiger partial charge in [-0.05, 0) is 42.6 Å². The van der Waals surface area contributed by atoms with Gasteiger partial charge < -0.3 is 9.88 Å². The molecular formula is C19H18N2O2S. The summed E-state index contributed by atoms with van der Waals surface area (Å²) < 4.78 is 2.04. The lowest BCUT2D eigenvalue weighted by molar-refractivity contribution is -0.116. The van der Waals surface area contributed by atoms with Crippen LogP contribution in [0, 0.1) is 0 Å². The Balaban J connectivity index is 1.75. The van der Waals surface area contributed by atoms with Crippen molar-refractivity contribution in [3.05, 3.63) is 76.7 Å². The Morgan fingerprint density at radius 1 is 1.12 bits per heavy atom. The number of thiophene rings is 1. The predicted molar refractivity (Wildman–Crippen MR) is 96.6 cm³/mol. The summed E-state index contributed by atoms with van der Waals surface area (Å²) in [6.07, 6.45) is 4.27. The molecule has 0 fully saturated rings. The van der Waals surface area contributed by atoms with Gasteiger partial charge in [-0.2, -0.15) is 0 Å². The molecule has 0 aliphatic carbocycles. The molecule has 0 bridgehead atoms. The van der Waals surface area contributed by atoms with Crippen molar-refractivity contribution in [3.8, 4) is 0 Å². The monoisotopic (exact) mass is 338 g/mol. The summed E-state index contributed by atoms with van der Waals surface area (Å²) in [4.78, 5) is 25.1. The molecule has 0 spiro atoms.